The monoisotopic (exact) mass is 295 g/mol. The van der Waals surface area contributed by atoms with Crippen molar-refractivity contribution < 1.29 is 0 Å². The van der Waals surface area contributed by atoms with E-state index in [2.05, 4.69) is 46.6 Å². The van der Waals surface area contributed by atoms with E-state index in [9.17, 15) is 0 Å². The fourth-order valence-corrected chi connectivity index (χ4v) is 3.43. The number of thiophene rings is 1. The molecular formula is C14H21N3S2. The highest BCUT2D eigenvalue weighted by Crippen LogP contribution is 2.18. The number of hydrogen-bond acceptors (Lipinski definition) is 5. The van der Waals surface area contributed by atoms with Crippen molar-refractivity contribution >= 4 is 22.7 Å². The first-order chi connectivity index (χ1) is 9.19. The summed E-state index contributed by atoms with van der Waals surface area (Å²) < 4.78 is 0. The molecule has 0 aliphatic heterocycles. The number of hydrogen-bond donors (Lipinski definition) is 1. The van der Waals surface area contributed by atoms with Gasteiger partial charge in [0.2, 0.25) is 0 Å². The topological polar surface area (TPSA) is 42.1 Å². The molecule has 0 aliphatic carbocycles. The average molecular weight is 295 g/mol. The minimum atomic E-state index is 0.516. The largest absolute Gasteiger partial charge is 0.330 e. The molecule has 2 N–H and O–H groups in total. The summed E-state index contributed by atoms with van der Waals surface area (Å²) in [7, 11) is 0. The first-order valence-electron chi connectivity index (χ1n) is 6.59. The highest BCUT2D eigenvalue weighted by atomic mass is 32.1. The quantitative estimate of drug-likeness (QED) is 0.853. The minimum Gasteiger partial charge on any atom is -0.330 e. The van der Waals surface area contributed by atoms with Gasteiger partial charge >= 0.3 is 0 Å². The van der Waals surface area contributed by atoms with Crippen LogP contribution in [0, 0.1) is 0 Å². The Morgan fingerprint density at radius 2 is 2.16 bits per heavy atom. The summed E-state index contributed by atoms with van der Waals surface area (Å²) in [6.07, 6.45) is 0.886. The molecule has 0 radical (unpaired) electrons. The molecule has 0 unspecified atom stereocenters. The van der Waals surface area contributed by atoms with Crippen LogP contribution in [-0.4, -0.2) is 22.5 Å². The van der Waals surface area contributed by atoms with Crippen LogP contribution in [0.4, 0.5) is 0 Å². The zero-order valence-corrected chi connectivity index (χ0v) is 13.1. The molecule has 0 saturated carbocycles. The van der Waals surface area contributed by atoms with Gasteiger partial charge in [0.25, 0.3) is 0 Å². The second-order valence-corrected chi connectivity index (χ2v) is 6.82. The fourth-order valence-electron chi connectivity index (χ4n) is 1.89. The van der Waals surface area contributed by atoms with Crippen LogP contribution in [0.15, 0.2) is 22.9 Å². The number of rotatable bonds is 7. The fraction of sp³-hybridized carbons (Fsp3) is 0.500. The minimum absolute atomic E-state index is 0.516. The van der Waals surface area contributed by atoms with Crippen molar-refractivity contribution in [3.63, 3.8) is 0 Å². The van der Waals surface area contributed by atoms with Crippen molar-refractivity contribution in [2.45, 2.75) is 39.4 Å². The molecule has 2 heterocycles. The van der Waals surface area contributed by atoms with E-state index >= 15 is 0 Å². The van der Waals surface area contributed by atoms with Gasteiger partial charge in [0.1, 0.15) is 0 Å². The highest BCUT2D eigenvalue weighted by molar-refractivity contribution is 7.10. The smallest absolute Gasteiger partial charge is 0.0941 e. The van der Waals surface area contributed by atoms with E-state index in [1.54, 1.807) is 11.3 Å². The predicted molar refractivity (Wildman–Crippen MR) is 83.6 cm³/mol. The molecule has 0 atom stereocenters. The summed E-state index contributed by atoms with van der Waals surface area (Å²) in [4.78, 5) is 8.51. The Bertz CT molecular complexity index is 477. The Morgan fingerprint density at radius 3 is 2.79 bits per heavy atom. The first kappa shape index (κ1) is 14.7. The zero-order valence-electron chi connectivity index (χ0n) is 11.5. The molecule has 104 valence electrons. The van der Waals surface area contributed by atoms with Crippen LogP contribution in [0.3, 0.4) is 0 Å². The maximum Gasteiger partial charge on any atom is 0.0941 e. The van der Waals surface area contributed by atoms with Crippen LogP contribution in [0.25, 0.3) is 0 Å². The summed E-state index contributed by atoms with van der Waals surface area (Å²) in [5, 5.41) is 5.45. The van der Waals surface area contributed by atoms with E-state index in [0.29, 0.717) is 12.6 Å². The lowest BCUT2D eigenvalue weighted by Gasteiger charge is -2.24. The van der Waals surface area contributed by atoms with E-state index < -0.39 is 0 Å². The second kappa shape index (κ2) is 7.14. The molecule has 5 heteroatoms. The summed E-state index contributed by atoms with van der Waals surface area (Å²) in [6, 6.07) is 4.82. The van der Waals surface area contributed by atoms with Gasteiger partial charge in [0.05, 0.1) is 10.7 Å². The van der Waals surface area contributed by atoms with Crippen LogP contribution in [0.1, 0.15) is 29.4 Å². The molecule has 3 nitrogen and oxygen atoms in total. The van der Waals surface area contributed by atoms with E-state index in [-0.39, 0.29) is 0 Å². The molecule has 2 aromatic heterocycles. The van der Waals surface area contributed by atoms with Gasteiger partial charge in [-0.1, -0.05) is 6.07 Å². The molecule has 2 rings (SSSR count). The first-order valence-corrected chi connectivity index (χ1v) is 8.34. The molecule has 0 saturated heterocycles. The summed E-state index contributed by atoms with van der Waals surface area (Å²) in [5.41, 5.74) is 6.73. The van der Waals surface area contributed by atoms with Crippen molar-refractivity contribution in [3.8, 4) is 0 Å². The molecular weight excluding hydrogens is 274 g/mol. The standard InChI is InChI=1S/C14H21N3S2/c1-11(2)17(9-13-4-3-7-18-13)8-12-10-19-14(16-12)5-6-15/h3-4,7,10-11H,5-6,8-9,15H2,1-2H3. The van der Waals surface area contributed by atoms with Gasteiger partial charge < -0.3 is 5.73 Å². The maximum atomic E-state index is 5.57. The Morgan fingerprint density at radius 1 is 1.32 bits per heavy atom. The molecule has 0 aliphatic rings. The third-order valence-electron chi connectivity index (χ3n) is 2.99. The number of nitrogens with two attached hydrogens (primary N) is 1. The Hall–Kier alpha value is -0.750. The van der Waals surface area contributed by atoms with Crippen molar-refractivity contribution in [3.05, 3.63) is 38.5 Å². The van der Waals surface area contributed by atoms with E-state index in [4.69, 9.17) is 5.73 Å². The SMILES string of the molecule is CC(C)N(Cc1csc(CCN)n1)Cc1cccs1. The summed E-state index contributed by atoms with van der Waals surface area (Å²) in [6.45, 7) is 7.06. The molecule has 0 fully saturated rings. The molecule has 0 bridgehead atoms. The van der Waals surface area contributed by atoms with Gasteiger partial charge in [-0.25, -0.2) is 4.98 Å². The Kier molecular flexibility index (Phi) is 5.51. The Labute approximate surface area is 123 Å². The zero-order chi connectivity index (χ0) is 13.7. The average Bonchev–Trinajstić information content (AvgIpc) is 3.01. The molecule has 2 aromatic rings. The van der Waals surface area contributed by atoms with Gasteiger partial charge in [-0.2, -0.15) is 0 Å². The van der Waals surface area contributed by atoms with Gasteiger partial charge in [0, 0.05) is 35.8 Å². The molecule has 0 amide bonds. The predicted octanol–water partition coefficient (Wildman–Crippen LogP) is 3.12. The third-order valence-corrected chi connectivity index (χ3v) is 4.81. The van der Waals surface area contributed by atoms with Crippen LogP contribution in [0.2, 0.25) is 0 Å². The lowest BCUT2D eigenvalue weighted by atomic mass is 10.2. The van der Waals surface area contributed by atoms with Gasteiger partial charge in [-0.05, 0) is 31.8 Å². The van der Waals surface area contributed by atoms with Crippen LogP contribution in [0.5, 0.6) is 0 Å². The maximum absolute atomic E-state index is 5.57. The van der Waals surface area contributed by atoms with Gasteiger partial charge in [-0.3, -0.25) is 4.90 Å². The van der Waals surface area contributed by atoms with E-state index in [1.165, 1.54) is 10.6 Å². The van der Waals surface area contributed by atoms with Crippen molar-refractivity contribution in [2.24, 2.45) is 5.73 Å². The van der Waals surface area contributed by atoms with E-state index in [0.717, 1.165) is 24.5 Å². The third kappa shape index (κ3) is 4.38. The van der Waals surface area contributed by atoms with Crippen LogP contribution >= 0.6 is 22.7 Å². The number of nitrogens with zero attached hydrogens (tertiary/aromatic N) is 2. The normalized spacial score (nSPS) is 11.6. The van der Waals surface area contributed by atoms with Crippen molar-refractivity contribution in [1.29, 1.82) is 0 Å². The summed E-state index contributed by atoms with van der Waals surface area (Å²) in [5.74, 6) is 0. The van der Waals surface area contributed by atoms with Crippen molar-refractivity contribution in [2.75, 3.05) is 6.54 Å². The lowest BCUT2D eigenvalue weighted by molar-refractivity contribution is 0.203. The number of aromatic nitrogens is 1. The Balaban J connectivity index is 1.99. The van der Waals surface area contributed by atoms with Gasteiger partial charge in [0.15, 0.2) is 0 Å². The number of thiazole rings is 1. The van der Waals surface area contributed by atoms with Crippen LogP contribution in [-0.2, 0) is 19.5 Å². The highest BCUT2D eigenvalue weighted by Gasteiger charge is 2.13. The molecule has 0 aromatic carbocycles. The second-order valence-electron chi connectivity index (χ2n) is 4.85. The molecule has 19 heavy (non-hydrogen) atoms. The summed E-state index contributed by atoms with van der Waals surface area (Å²) >= 11 is 3.54. The van der Waals surface area contributed by atoms with E-state index in [1.807, 2.05) is 11.3 Å². The van der Waals surface area contributed by atoms with Gasteiger partial charge in [-0.15, -0.1) is 22.7 Å². The lowest BCUT2D eigenvalue weighted by Crippen LogP contribution is -2.29. The van der Waals surface area contributed by atoms with Crippen LogP contribution < -0.4 is 5.73 Å². The molecule has 0 spiro atoms. The van der Waals surface area contributed by atoms with Crippen molar-refractivity contribution in [1.82, 2.24) is 9.88 Å².